The fourth-order valence-corrected chi connectivity index (χ4v) is 3.38. The number of nitrogens with zero attached hydrogens (tertiary/aromatic N) is 3. The summed E-state index contributed by atoms with van der Waals surface area (Å²) < 4.78 is 0. The molecule has 0 saturated heterocycles. The Morgan fingerprint density at radius 3 is 2.46 bits per heavy atom. The maximum Gasteiger partial charge on any atom is 0.161 e. The third-order valence-electron chi connectivity index (χ3n) is 4.97. The summed E-state index contributed by atoms with van der Waals surface area (Å²) in [5.41, 5.74) is 8.49. The molecule has 0 saturated carbocycles. The van der Waals surface area contributed by atoms with Gasteiger partial charge in [-0.25, -0.2) is 0 Å². The van der Waals surface area contributed by atoms with Gasteiger partial charge >= 0.3 is 0 Å². The van der Waals surface area contributed by atoms with Crippen LogP contribution in [-0.2, 0) is 0 Å². The van der Waals surface area contributed by atoms with Crippen LogP contribution in [0.25, 0.3) is 16.7 Å². The number of fused-ring (bicyclic) bond motifs is 1. The van der Waals surface area contributed by atoms with Gasteiger partial charge in [0.25, 0.3) is 0 Å². The van der Waals surface area contributed by atoms with Crippen molar-refractivity contribution in [3.8, 4) is 5.69 Å². The van der Waals surface area contributed by atoms with E-state index < -0.39 is 0 Å². The van der Waals surface area contributed by atoms with Crippen molar-refractivity contribution >= 4 is 28.2 Å². The van der Waals surface area contributed by atoms with Crippen LogP contribution >= 0.6 is 0 Å². The number of carbonyl (C=O) groups excluding carboxylic acids is 1. The monoisotopic (exact) mass is 370 g/mol. The third-order valence-corrected chi connectivity index (χ3v) is 4.97. The number of hydrogen-bond acceptors (Lipinski definition) is 4. The van der Waals surface area contributed by atoms with Gasteiger partial charge < -0.3 is 5.32 Å². The molecule has 0 radical (unpaired) electrons. The van der Waals surface area contributed by atoms with Crippen molar-refractivity contribution < 1.29 is 4.79 Å². The quantitative estimate of drug-likeness (QED) is 0.496. The molecule has 0 bridgehead atoms. The highest BCUT2D eigenvalue weighted by atomic mass is 16.1. The minimum Gasteiger partial charge on any atom is -0.355 e. The molecular weight excluding hydrogens is 348 g/mol. The molecule has 5 heteroatoms. The van der Waals surface area contributed by atoms with Crippen LogP contribution in [0.5, 0.6) is 0 Å². The van der Waals surface area contributed by atoms with E-state index >= 15 is 0 Å². The zero-order valence-corrected chi connectivity index (χ0v) is 16.4. The predicted octanol–water partition coefficient (Wildman–Crippen LogP) is 5.29. The zero-order valence-electron chi connectivity index (χ0n) is 16.4. The van der Waals surface area contributed by atoms with E-state index in [0.29, 0.717) is 5.56 Å². The molecule has 0 fully saturated rings. The summed E-state index contributed by atoms with van der Waals surface area (Å²) in [5.74, 6) is 0.0282. The van der Waals surface area contributed by atoms with Gasteiger partial charge in [-0.2, -0.15) is 4.80 Å². The fraction of sp³-hybridized carbons (Fsp3) is 0.174. The maximum absolute atomic E-state index is 11.9. The Kier molecular flexibility index (Phi) is 4.43. The van der Waals surface area contributed by atoms with Gasteiger partial charge in [-0.15, -0.1) is 10.2 Å². The topological polar surface area (TPSA) is 59.8 Å². The maximum atomic E-state index is 11.9. The molecule has 3 aromatic carbocycles. The van der Waals surface area contributed by atoms with E-state index in [1.807, 2.05) is 42.5 Å². The molecule has 140 valence electrons. The van der Waals surface area contributed by atoms with Crippen molar-refractivity contribution in [1.82, 2.24) is 15.0 Å². The first kappa shape index (κ1) is 17.9. The van der Waals surface area contributed by atoms with E-state index in [1.54, 1.807) is 11.7 Å². The van der Waals surface area contributed by atoms with Gasteiger partial charge in [-0.1, -0.05) is 18.2 Å². The lowest BCUT2D eigenvalue weighted by molar-refractivity contribution is 0.101. The van der Waals surface area contributed by atoms with E-state index in [-0.39, 0.29) is 5.78 Å². The Hall–Kier alpha value is -3.47. The number of rotatable bonds is 4. The van der Waals surface area contributed by atoms with Gasteiger partial charge in [-0.05, 0) is 80.8 Å². The van der Waals surface area contributed by atoms with Crippen LogP contribution in [0.15, 0.2) is 54.6 Å². The molecular formula is C23H22N4O. The van der Waals surface area contributed by atoms with Gasteiger partial charge in [0, 0.05) is 16.9 Å². The molecule has 0 aliphatic carbocycles. The lowest BCUT2D eigenvalue weighted by atomic mass is 10.1. The van der Waals surface area contributed by atoms with Gasteiger partial charge in [0.15, 0.2) is 5.78 Å². The van der Waals surface area contributed by atoms with Crippen molar-refractivity contribution in [2.45, 2.75) is 27.7 Å². The summed E-state index contributed by atoms with van der Waals surface area (Å²) in [4.78, 5) is 13.6. The zero-order chi connectivity index (χ0) is 19.8. The Morgan fingerprint density at radius 2 is 1.68 bits per heavy atom. The number of anilines is 2. The number of carbonyl (C=O) groups is 1. The molecule has 0 atom stereocenters. The smallest absolute Gasteiger partial charge is 0.161 e. The molecule has 0 unspecified atom stereocenters. The van der Waals surface area contributed by atoms with Crippen LogP contribution in [0, 0.1) is 20.8 Å². The van der Waals surface area contributed by atoms with Crippen LogP contribution in [0.1, 0.15) is 34.0 Å². The first-order chi connectivity index (χ1) is 13.4. The van der Waals surface area contributed by atoms with E-state index in [4.69, 9.17) is 0 Å². The van der Waals surface area contributed by atoms with Gasteiger partial charge in [-0.3, -0.25) is 4.79 Å². The normalized spacial score (nSPS) is 11.0. The first-order valence-corrected chi connectivity index (χ1v) is 9.25. The van der Waals surface area contributed by atoms with Crippen molar-refractivity contribution in [1.29, 1.82) is 0 Å². The van der Waals surface area contributed by atoms with E-state index in [1.165, 1.54) is 16.7 Å². The van der Waals surface area contributed by atoms with Crippen molar-refractivity contribution in [2.24, 2.45) is 0 Å². The summed E-state index contributed by atoms with van der Waals surface area (Å²) in [6.07, 6.45) is 0. The average Bonchev–Trinajstić information content (AvgIpc) is 3.08. The Labute approximate surface area is 164 Å². The molecule has 0 aliphatic heterocycles. The van der Waals surface area contributed by atoms with Crippen LogP contribution in [0.4, 0.5) is 11.4 Å². The van der Waals surface area contributed by atoms with Crippen LogP contribution < -0.4 is 5.32 Å². The average molecular weight is 370 g/mol. The first-order valence-electron chi connectivity index (χ1n) is 9.25. The second kappa shape index (κ2) is 6.93. The second-order valence-corrected chi connectivity index (χ2v) is 7.15. The molecule has 4 rings (SSSR count). The number of aryl methyl sites for hydroxylation is 2. The van der Waals surface area contributed by atoms with Crippen LogP contribution in [-0.4, -0.2) is 20.8 Å². The number of benzene rings is 3. The van der Waals surface area contributed by atoms with Crippen molar-refractivity contribution in [3.63, 3.8) is 0 Å². The highest BCUT2D eigenvalue weighted by Crippen LogP contribution is 2.25. The summed E-state index contributed by atoms with van der Waals surface area (Å²) in [6, 6.07) is 17.6. The van der Waals surface area contributed by atoms with Gasteiger partial charge in [0.2, 0.25) is 0 Å². The summed E-state index contributed by atoms with van der Waals surface area (Å²) in [6.45, 7) is 7.84. The minimum atomic E-state index is 0.0282. The Morgan fingerprint density at radius 1 is 0.929 bits per heavy atom. The van der Waals surface area contributed by atoms with Crippen LogP contribution in [0.3, 0.4) is 0 Å². The van der Waals surface area contributed by atoms with Gasteiger partial charge in [0.1, 0.15) is 11.0 Å². The number of Topliss-reactive ketones (excluding diaryl/α,β-unsaturated/α-hetero) is 1. The number of ketones is 1. The van der Waals surface area contributed by atoms with Crippen LogP contribution in [0.2, 0.25) is 0 Å². The Balaban J connectivity index is 1.73. The molecule has 4 aromatic rings. The number of nitrogens with one attached hydrogen (secondary N) is 1. The second-order valence-electron chi connectivity index (χ2n) is 7.15. The number of hydrogen-bond donors (Lipinski definition) is 1. The predicted molar refractivity (Wildman–Crippen MR) is 113 cm³/mol. The largest absolute Gasteiger partial charge is 0.355 e. The lowest BCUT2D eigenvalue weighted by Gasteiger charge is -2.09. The van der Waals surface area contributed by atoms with E-state index in [0.717, 1.165) is 28.1 Å². The summed E-state index contributed by atoms with van der Waals surface area (Å²) >= 11 is 0. The fourth-order valence-electron chi connectivity index (χ4n) is 3.38. The van der Waals surface area contributed by atoms with Crippen molar-refractivity contribution in [3.05, 3.63) is 76.9 Å². The number of aromatic nitrogens is 3. The molecule has 0 spiro atoms. The lowest BCUT2D eigenvalue weighted by Crippen LogP contribution is -2.03. The molecule has 0 amide bonds. The number of para-hydroxylation sites is 1. The molecule has 0 aliphatic rings. The highest BCUT2D eigenvalue weighted by Gasteiger charge is 2.11. The minimum absolute atomic E-state index is 0.0282. The molecule has 1 heterocycles. The SMILES string of the molecule is CC(=O)c1ccccc1Nc1ccc2nn(-c3cc(C)cc(C)c3C)nc2c1. The van der Waals surface area contributed by atoms with E-state index in [9.17, 15) is 4.79 Å². The molecule has 28 heavy (non-hydrogen) atoms. The summed E-state index contributed by atoms with van der Waals surface area (Å²) in [7, 11) is 0. The molecule has 5 nitrogen and oxygen atoms in total. The standard InChI is InChI=1S/C23H22N4O/c1-14-11-15(2)16(3)23(12-14)27-25-21-10-9-18(13-22(21)26-27)24-20-8-6-5-7-19(20)17(4)28/h5-13,24H,1-4H3. The highest BCUT2D eigenvalue weighted by molar-refractivity contribution is 6.00. The molecule has 1 N–H and O–H groups in total. The Bertz CT molecular complexity index is 1210. The summed E-state index contributed by atoms with van der Waals surface area (Å²) in [5, 5.41) is 12.7. The van der Waals surface area contributed by atoms with E-state index in [2.05, 4.69) is 48.4 Å². The van der Waals surface area contributed by atoms with Crippen molar-refractivity contribution in [2.75, 3.05) is 5.32 Å². The third kappa shape index (κ3) is 3.27. The van der Waals surface area contributed by atoms with Gasteiger partial charge in [0.05, 0.1) is 5.69 Å². The molecule has 1 aromatic heterocycles.